The average molecular weight is 279 g/mol. The van der Waals surface area contributed by atoms with Crippen LogP contribution in [0, 0.1) is 5.82 Å². The van der Waals surface area contributed by atoms with Crippen LogP contribution in [0.1, 0.15) is 23.7 Å². The number of nitrogen functional groups attached to an aromatic ring is 1. The van der Waals surface area contributed by atoms with Crippen LogP contribution in [0.15, 0.2) is 18.2 Å². The van der Waals surface area contributed by atoms with Crippen LogP contribution in [0.2, 0.25) is 0 Å². The third-order valence-electron chi connectivity index (χ3n) is 3.12. The maximum atomic E-state index is 13.7. The number of halogens is 1. The topological polar surface area (TPSA) is 92.5 Å². The molecule has 0 spiro atoms. The Bertz CT molecular complexity index is 588. The molecule has 0 radical (unpaired) electrons. The van der Waals surface area contributed by atoms with Crippen molar-refractivity contribution in [1.82, 2.24) is 10.2 Å². The largest absolute Gasteiger partial charge is 0.399 e. The van der Waals surface area contributed by atoms with Crippen molar-refractivity contribution in [2.75, 3.05) is 12.3 Å². The van der Waals surface area contributed by atoms with Crippen LogP contribution in [0.4, 0.5) is 10.1 Å². The van der Waals surface area contributed by atoms with Gasteiger partial charge in [0, 0.05) is 5.69 Å². The number of imide groups is 1. The summed E-state index contributed by atoms with van der Waals surface area (Å²) in [4.78, 5) is 36.5. The molecule has 6 nitrogen and oxygen atoms in total. The third kappa shape index (κ3) is 2.47. The number of nitrogens with one attached hydrogen (secondary N) is 1. The van der Waals surface area contributed by atoms with Gasteiger partial charge >= 0.3 is 0 Å². The molecule has 1 aliphatic heterocycles. The van der Waals surface area contributed by atoms with Crippen LogP contribution < -0.4 is 11.1 Å². The van der Waals surface area contributed by atoms with Crippen LogP contribution >= 0.6 is 0 Å². The first-order valence-corrected chi connectivity index (χ1v) is 6.13. The first kappa shape index (κ1) is 14.0. The third-order valence-corrected chi connectivity index (χ3v) is 3.12. The van der Waals surface area contributed by atoms with Crippen molar-refractivity contribution < 1.29 is 18.8 Å². The van der Waals surface area contributed by atoms with E-state index in [2.05, 4.69) is 5.32 Å². The minimum absolute atomic E-state index is 0.232. The molecule has 1 heterocycles. The van der Waals surface area contributed by atoms with Crippen molar-refractivity contribution in [2.24, 2.45) is 0 Å². The van der Waals surface area contributed by atoms with E-state index in [9.17, 15) is 18.8 Å². The zero-order valence-corrected chi connectivity index (χ0v) is 10.9. The molecule has 106 valence electrons. The number of piperazine rings is 1. The molecule has 3 amide bonds. The van der Waals surface area contributed by atoms with Gasteiger partial charge in [-0.1, -0.05) is 6.92 Å². The molecule has 3 N–H and O–H groups in total. The maximum absolute atomic E-state index is 13.7. The van der Waals surface area contributed by atoms with Crippen LogP contribution in [0.5, 0.6) is 0 Å². The number of carbonyl (C=O) groups is 3. The summed E-state index contributed by atoms with van der Waals surface area (Å²) in [6.07, 6.45) is 0.328. The van der Waals surface area contributed by atoms with Gasteiger partial charge in [0.2, 0.25) is 11.8 Å². The zero-order valence-electron chi connectivity index (χ0n) is 10.9. The van der Waals surface area contributed by atoms with E-state index in [4.69, 9.17) is 5.73 Å². The highest BCUT2D eigenvalue weighted by Crippen LogP contribution is 2.18. The molecular formula is C13H14FN3O3. The molecule has 0 aliphatic carbocycles. The number of nitrogens with zero attached hydrogens (tertiary/aromatic N) is 1. The van der Waals surface area contributed by atoms with Crippen molar-refractivity contribution in [1.29, 1.82) is 0 Å². The Morgan fingerprint density at radius 1 is 1.50 bits per heavy atom. The summed E-state index contributed by atoms with van der Waals surface area (Å²) in [6, 6.07) is 2.81. The highest BCUT2D eigenvalue weighted by molar-refractivity contribution is 6.07. The number of amides is 3. The Morgan fingerprint density at radius 2 is 2.20 bits per heavy atom. The molecule has 1 aromatic carbocycles. The number of rotatable bonds is 2. The van der Waals surface area contributed by atoms with E-state index in [1.54, 1.807) is 6.92 Å². The second-order valence-corrected chi connectivity index (χ2v) is 4.51. The molecule has 0 bridgehead atoms. The Kier molecular flexibility index (Phi) is 3.69. The van der Waals surface area contributed by atoms with Gasteiger partial charge < -0.3 is 10.6 Å². The first-order valence-electron chi connectivity index (χ1n) is 6.13. The monoisotopic (exact) mass is 279 g/mol. The van der Waals surface area contributed by atoms with Crippen molar-refractivity contribution in [3.63, 3.8) is 0 Å². The van der Waals surface area contributed by atoms with Gasteiger partial charge in [-0.15, -0.1) is 0 Å². The van der Waals surface area contributed by atoms with Gasteiger partial charge in [0.1, 0.15) is 18.4 Å². The second-order valence-electron chi connectivity index (χ2n) is 4.51. The van der Waals surface area contributed by atoms with E-state index in [1.165, 1.54) is 12.1 Å². The summed E-state index contributed by atoms with van der Waals surface area (Å²) >= 11 is 0. The lowest BCUT2D eigenvalue weighted by Gasteiger charge is -2.33. The fraction of sp³-hybridized carbons (Fsp3) is 0.308. The molecule has 2 rings (SSSR count). The first-order chi connectivity index (χ1) is 9.43. The smallest absolute Gasteiger partial charge is 0.258 e. The number of hydrogen-bond acceptors (Lipinski definition) is 4. The van der Waals surface area contributed by atoms with Crippen LogP contribution in [0.25, 0.3) is 0 Å². The molecule has 20 heavy (non-hydrogen) atoms. The van der Waals surface area contributed by atoms with E-state index in [0.29, 0.717) is 6.42 Å². The van der Waals surface area contributed by atoms with E-state index in [-0.39, 0.29) is 17.8 Å². The Hall–Kier alpha value is -2.44. The number of carbonyl (C=O) groups excluding carboxylic acids is 3. The molecule has 7 heteroatoms. The van der Waals surface area contributed by atoms with Crippen molar-refractivity contribution in [2.45, 2.75) is 19.4 Å². The summed E-state index contributed by atoms with van der Waals surface area (Å²) in [5, 5.41) is 2.15. The lowest BCUT2D eigenvalue weighted by molar-refractivity contribution is -0.138. The second kappa shape index (κ2) is 5.28. The molecule has 0 aromatic heterocycles. The van der Waals surface area contributed by atoms with Crippen LogP contribution in [-0.2, 0) is 9.59 Å². The fourth-order valence-corrected chi connectivity index (χ4v) is 2.15. The Labute approximate surface area is 114 Å². The molecule has 1 aromatic rings. The molecule has 1 unspecified atom stereocenters. The Morgan fingerprint density at radius 3 is 2.85 bits per heavy atom. The van der Waals surface area contributed by atoms with Crippen LogP contribution in [-0.4, -0.2) is 35.2 Å². The summed E-state index contributed by atoms with van der Waals surface area (Å²) in [7, 11) is 0. The van der Waals surface area contributed by atoms with E-state index >= 15 is 0 Å². The zero-order chi connectivity index (χ0) is 14.9. The molecular weight excluding hydrogens is 265 g/mol. The molecule has 1 saturated heterocycles. The van der Waals surface area contributed by atoms with Crippen molar-refractivity contribution in [3.05, 3.63) is 29.6 Å². The summed E-state index contributed by atoms with van der Waals surface area (Å²) in [6.45, 7) is 1.42. The van der Waals surface area contributed by atoms with Gasteiger partial charge in [-0.25, -0.2) is 4.39 Å². The van der Waals surface area contributed by atoms with Gasteiger partial charge in [-0.3, -0.25) is 19.7 Å². The van der Waals surface area contributed by atoms with Gasteiger partial charge in [0.05, 0.1) is 5.56 Å². The van der Waals surface area contributed by atoms with Gasteiger partial charge in [0.25, 0.3) is 5.91 Å². The quantitative estimate of drug-likeness (QED) is 0.601. The van der Waals surface area contributed by atoms with E-state index in [1.807, 2.05) is 0 Å². The fourth-order valence-electron chi connectivity index (χ4n) is 2.15. The Balaban J connectivity index is 2.37. The summed E-state index contributed by atoms with van der Waals surface area (Å²) in [5.74, 6) is -2.60. The molecule has 1 fully saturated rings. The van der Waals surface area contributed by atoms with Gasteiger partial charge in [0.15, 0.2) is 0 Å². The lowest BCUT2D eigenvalue weighted by atomic mass is 10.1. The molecule has 1 aliphatic rings. The number of nitrogens with two attached hydrogens (primary N) is 1. The van der Waals surface area contributed by atoms with Crippen LogP contribution in [0.3, 0.4) is 0 Å². The summed E-state index contributed by atoms with van der Waals surface area (Å²) in [5.41, 5.74) is 5.52. The van der Waals surface area contributed by atoms with E-state index in [0.717, 1.165) is 11.0 Å². The maximum Gasteiger partial charge on any atom is 0.258 e. The highest BCUT2D eigenvalue weighted by Gasteiger charge is 2.36. The SMILES string of the molecule is CCC1C(=O)NC(=O)CN1C(=O)c1cc(N)ccc1F. The average Bonchev–Trinajstić information content (AvgIpc) is 2.40. The minimum Gasteiger partial charge on any atom is -0.399 e. The highest BCUT2D eigenvalue weighted by atomic mass is 19.1. The van der Waals surface area contributed by atoms with E-state index < -0.39 is 29.6 Å². The number of hydrogen-bond donors (Lipinski definition) is 2. The van der Waals surface area contributed by atoms with Crippen molar-refractivity contribution in [3.8, 4) is 0 Å². The predicted molar refractivity (Wildman–Crippen MR) is 69.1 cm³/mol. The number of anilines is 1. The number of benzene rings is 1. The standard InChI is InChI=1S/C13H14FN3O3/c1-2-10-12(19)16-11(18)6-17(10)13(20)8-5-7(15)3-4-9(8)14/h3-5,10H,2,6,15H2,1H3,(H,16,18,19). The molecule has 1 atom stereocenters. The minimum atomic E-state index is -0.791. The summed E-state index contributed by atoms with van der Waals surface area (Å²) < 4.78 is 13.7. The molecule has 0 saturated carbocycles. The van der Waals surface area contributed by atoms with Gasteiger partial charge in [-0.05, 0) is 24.6 Å². The normalized spacial score (nSPS) is 18.9. The predicted octanol–water partition coefficient (Wildman–Crippen LogP) is 0.285. The lowest BCUT2D eigenvalue weighted by Crippen LogP contribution is -2.59. The van der Waals surface area contributed by atoms with Gasteiger partial charge in [-0.2, -0.15) is 0 Å². The van der Waals surface area contributed by atoms with Crippen molar-refractivity contribution >= 4 is 23.4 Å².